The van der Waals surface area contributed by atoms with Crippen LogP contribution in [0.4, 0.5) is 5.82 Å². The fourth-order valence-corrected chi connectivity index (χ4v) is 2.95. The summed E-state index contributed by atoms with van der Waals surface area (Å²) in [4.78, 5) is 35.6. The van der Waals surface area contributed by atoms with E-state index in [4.69, 9.17) is 0 Å². The second kappa shape index (κ2) is 7.95. The Kier molecular flexibility index (Phi) is 5.46. The lowest BCUT2D eigenvalue weighted by atomic mass is 10.1. The number of benzene rings is 1. The minimum atomic E-state index is -0.125. The van der Waals surface area contributed by atoms with Gasteiger partial charge < -0.3 is 15.1 Å². The van der Waals surface area contributed by atoms with Crippen molar-refractivity contribution in [3.63, 3.8) is 0 Å². The first-order chi connectivity index (χ1) is 12.6. The predicted octanol–water partition coefficient (Wildman–Crippen LogP) is 1.62. The van der Waals surface area contributed by atoms with Crippen molar-refractivity contribution in [2.24, 2.45) is 0 Å². The average molecular weight is 353 g/mol. The summed E-state index contributed by atoms with van der Waals surface area (Å²) in [6.45, 7) is 6.62. The molecule has 1 fully saturated rings. The molecular formula is C19H23N5O2. The zero-order valence-corrected chi connectivity index (χ0v) is 15.1. The number of hydrogen-bond acceptors (Lipinski definition) is 5. The maximum atomic E-state index is 12.7. The van der Waals surface area contributed by atoms with Gasteiger partial charge in [0.05, 0.1) is 0 Å². The van der Waals surface area contributed by atoms with Crippen molar-refractivity contribution >= 4 is 18.1 Å². The highest BCUT2D eigenvalue weighted by atomic mass is 16.2. The minimum absolute atomic E-state index is 0.125. The number of nitrogens with zero attached hydrogens (tertiary/aromatic N) is 4. The van der Waals surface area contributed by atoms with Crippen LogP contribution < -0.4 is 5.32 Å². The van der Waals surface area contributed by atoms with Crippen LogP contribution in [0.2, 0.25) is 0 Å². The molecule has 0 spiro atoms. The highest BCUT2D eigenvalue weighted by molar-refractivity contribution is 5.93. The van der Waals surface area contributed by atoms with Gasteiger partial charge in [0.15, 0.2) is 0 Å². The molecule has 136 valence electrons. The molecule has 1 saturated heterocycles. The van der Waals surface area contributed by atoms with Crippen LogP contribution in [0, 0.1) is 13.8 Å². The highest BCUT2D eigenvalue weighted by Crippen LogP contribution is 2.14. The molecule has 2 aromatic rings. The fourth-order valence-electron chi connectivity index (χ4n) is 2.95. The van der Waals surface area contributed by atoms with E-state index in [1.165, 1.54) is 11.1 Å². The summed E-state index contributed by atoms with van der Waals surface area (Å²) in [5, 5.41) is 3.28. The molecule has 0 unspecified atom stereocenters. The molecule has 1 aromatic carbocycles. The summed E-state index contributed by atoms with van der Waals surface area (Å²) in [5.41, 5.74) is 2.76. The summed E-state index contributed by atoms with van der Waals surface area (Å²) in [5.74, 6) is 1.06. The highest BCUT2D eigenvalue weighted by Gasteiger charge is 2.23. The quantitative estimate of drug-likeness (QED) is 0.827. The number of aryl methyl sites for hydroxylation is 2. The number of carbonyl (C=O) groups is 2. The monoisotopic (exact) mass is 353 g/mol. The smallest absolute Gasteiger partial charge is 0.272 e. The molecule has 1 N–H and O–H groups in total. The molecule has 0 aliphatic carbocycles. The Balaban J connectivity index is 1.70. The molecule has 2 heterocycles. The number of anilines is 1. The van der Waals surface area contributed by atoms with E-state index in [9.17, 15) is 9.59 Å². The average Bonchev–Trinajstić information content (AvgIpc) is 2.66. The molecule has 0 atom stereocenters. The molecule has 2 amide bonds. The van der Waals surface area contributed by atoms with Gasteiger partial charge in [0.1, 0.15) is 17.3 Å². The van der Waals surface area contributed by atoms with Crippen molar-refractivity contribution < 1.29 is 9.59 Å². The molecule has 26 heavy (non-hydrogen) atoms. The van der Waals surface area contributed by atoms with Crippen molar-refractivity contribution in [1.29, 1.82) is 0 Å². The zero-order chi connectivity index (χ0) is 18.5. The lowest BCUT2D eigenvalue weighted by Gasteiger charge is -2.32. The summed E-state index contributed by atoms with van der Waals surface area (Å²) in [6.07, 6.45) is 0.824. The number of hydrogen-bond donors (Lipinski definition) is 1. The van der Waals surface area contributed by atoms with Crippen LogP contribution in [0.3, 0.4) is 0 Å². The lowest BCUT2D eigenvalue weighted by Crippen LogP contribution is -2.48. The van der Waals surface area contributed by atoms with E-state index < -0.39 is 0 Å². The molecule has 0 radical (unpaired) electrons. The second-order valence-electron chi connectivity index (χ2n) is 6.40. The van der Waals surface area contributed by atoms with Crippen LogP contribution in [0.15, 0.2) is 30.3 Å². The molecule has 0 saturated carbocycles. The van der Waals surface area contributed by atoms with Gasteiger partial charge in [-0.25, -0.2) is 9.97 Å². The van der Waals surface area contributed by atoms with Gasteiger partial charge in [-0.3, -0.25) is 9.59 Å². The Morgan fingerprint density at radius 2 is 1.88 bits per heavy atom. The van der Waals surface area contributed by atoms with Gasteiger partial charge in [-0.05, 0) is 25.0 Å². The van der Waals surface area contributed by atoms with Crippen LogP contribution in [-0.2, 0) is 11.3 Å². The van der Waals surface area contributed by atoms with Crippen LogP contribution in [-0.4, -0.2) is 58.3 Å². The number of rotatable bonds is 5. The third kappa shape index (κ3) is 4.17. The third-order valence-corrected chi connectivity index (χ3v) is 4.53. The summed E-state index contributed by atoms with van der Waals surface area (Å²) in [6, 6.07) is 9.84. The van der Waals surface area contributed by atoms with E-state index in [2.05, 4.69) is 34.3 Å². The minimum Gasteiger partial charge on any atom is -0.366 e. The Morgan fingerprint density at radius 3 is 2.58 bits per heavy atom. The van der Waals surface area contributed by atoms with Crippen molar-refractivity contribution in [1.82, 2.24) is 19.8 Å². The van der Waals surface area contributed by atoms with Gasteiger partial charge >= 0.3 is 0 Å². The maximum absolute atomic E-state index is 12.7. The first-order valence-corrected chi connectivity index (χ1v) is 8.69. The molecule has 1 aliphatic rings. The van der Waals surface area contributed by atoms with Crippen molar-refractivity contribution in [3.8, 4) is 0 Å². The number of amides is 2. The van der Waals surface area contributed by atoms with Crippen molar-refractivity contribution in [2.75, 3.05) is 31.5 Å². The SMILES string of the molecule is Cc1nc(NCc2ccccc2C)cc(C(=O)N2CCN(C=O)CC2)n1. The Hall–Kier alpha value is -2.96. The standard InChI is InChI=1S/C19H23N5O2/c1-14-5-3-4-6-16(14)12-20-18-11-17(21-15(2)22-18)19(26)24-9-7-23(13-25)8-10-24/h3-6,11,13H,7-10,12H2,1-2H3,(H,20,21,22). The van der Waals surface area contributed by atoms with E-state index in [0.717, 1.165) is 6.41 Å². The normalized spacial score (nSPS) is 14.2. The molecule has 1 aliphatic heterocycles. The van der Waals surface area contributed by atoms with Crippen LogP contribution in [0.25, 0.3) is 0 Å². The number of nitrogens with one attached hydrogen (secondary N) is 1. The Morgan fingerprint density at radius 1 is 1.15 bits per heavy atom. The van der Waals surface area contributed by atoms with E-state index in [-0.39, 0.29) is 5.91 Å². The molecule has 7 heteroatoms. The van der Waals surface area contributed by atoms with Crippen LogP contribution in [0.5, 0.6) is 0 Å². The maximum Gasteiger partial charge on any atom is 0.272 e. The Bertz CT molecular complexity index is 800. The summed E-state index contributed by atoms with van der Waals surface area (Å²) >= 11 is 0. The molecule has 7 nitrogen and oxygen atoms in total. The molecular weight excluding hydrogens is 330 g/mol. The summed E-state index contributed by atoms with van der Waals surface area (Å²) < 4.78 is 0. The van der Waals surface area contributed by atoms with Crippen molar-refractivity contribution in [3.05, 3.63) is 53.0 Å². The Labute approximate surface area is 153 Å². The summed E-state index contributed by atoms with van der Waals surface area (Å²) in [7, 11) is 0. The second-order valence-corrected chi connectivity index (χ2v) is 6.40. The first kappa shape index (κ1) is 17.8. The predicted molar refractivity (Wildman–Crippen MR) is 98.8 cm³/mol. The van der Waals surface area contributed by atoms with Crippen molar-refractivity contribution in [2.45, 2.75) is 20.4 Å². The molecule has 3 rings (SSSR count). The largest absolute Gasteiger partial charge is 0.366 e. The fraction of sp³-hybridized carbons (Fsp3) is 0.368. The van der Waals surface area contributed by atoms with E-state index in [1.807, 2.05) is 12.1 Å². The zero-order valence-electron chi connectivity index (χ0n) is 15.1. The van der Waals surface area contributed by atoms with Gasteiger partial charge in [-0.2, -0.15) is 0 Å². The van der Waals surface area contributed by atoms with E-state index in [0.29, 0.717) is 50.1 Å². The lowest BCUT2D eigenvalue weighted by molar-refractivity contribution is -0.119. The van der Waals surface area contributed by atoms with E-state index >= 15 is 0 Å². The van der Waals surface area contributed by atoms with Gasteiger partial charge in [0.2, 0.25) is 6.41 Å². The number of piperazine rings is 1. The topological polar surface area (TPSA) is 78.4 Å². The molecule has 1 aromatic heterocycles. The van der Waals surface area contributed by atoms with Crippen LogP contribution in [0.1, 0.15) is 27.4 Å². The van der Waals surface area contributed by atoms with Crippen LogP contribution >= 0.6 is 0 Å². The first-order valence-electron chi connectivity index (χ1n) is 8.69. The molecule has 0 bridgehead atoms. The third-order valence-electron chi connectivity index (χ3n) is 4.53. The number of carbonyl (C=O) groups excluding carboxylic acids is 2. The van der Waals surface area contributed by atoms with E-state index in [1.54, 1.807) is 22.8 Å². The number of aromatic nitrogens is 2. The van der Waals surface area contributed by atoms with Gasteiger partial charge in [0, 0.05) is 38.8 Å². The van der Waals surface area contributed by atoms with Gasteiger partial charge in [0.25, 0.3) is 5.91 Å². The van der Waals surface area contributed by atoms with Gasteiger partial charge in [-0.1, -0.05) is 24.3 Å². The van der Waals surface area contributed by atoms with Gasteiger partial charge in [-0.15, -0.1) is 0 Å².